The Balaban J connectivity index is 1.62. The summed E-state index contributed by atoms with van der Waals surface area (Å²) in [6.07, 6.45) is 1.63. The molecule has 0 atom stereocenters. The van der Waals surface area contributed by atoms with Gasteiger partial charge >= 0.3 is 0 Å². The van der Waals surface area contributed by atoms with E-state index in [-0.39, 0.29) is 4.90 Å². The van der Waals surface area contributed by atoms with E-state index < -0.39 is 10.0 Å². The molecule has 2 heterocycles. The fraction of sp³-hybridized carbons (Fsp3) is 0.0417. The quantitative estimate of drug-likeness (QED) is 0.401. The number of nitrogens with one attached hydrogen (secondary N) is 1. The summed E-state index contributed by atoms with van der Waals surface area (Å²) in [5.41, 5.74) is 2.99. The van der Waals surface area contributed by atoms with Crippen molar-refractivity contribution in [2.24, 2.45) is 0 Å². The molecule has 0 aliphatic heterocycles. The van der Waals surface area contributed by atoms with Crippen LogP contribution in [0.2, 0.25) is 0 Å². The van der Waals surface area contributed by atoms with E-state index in [0.29, 0.717) is 28.3 Å². The van der Waals surface area contributed by atoms with Gasteiger partial charge in [0.05, 0.1) is 23.4 Å². The van der Waals surface area contributed by atoms with Crippen molar-refractivity contribution in [2.75, 3.05) is 11.8 Å². The van der Waals surface area contributed by atoms with E-state index in [1.165, 1.54) is 19.2 Å². The number of pyridine rings is 1. The maximum Gasteiger partial charge on any atom is 0.261 e. The van der Waals surface area contributed by atoms with Gasteiger partial charge in [-0.3, -0.25) is 9.71 Å². The zero-order valence-corrected chi connectivity index (χ0v) is 17.4. The number of aromatic nitrogens is 1. The van der Waals surface area contributed by atoms with Crippen molar-refractivity contribution in [1.29, 1.82) is 0 Å². The molecular formula is C24H18N2O4S. The monoisotopic (exact) mass is 430 g/mol. The smallest absolute Gasteiger partial charge is 0.261 e. The van der Waals surface area contributed by atoms with Gasteiger partial charge in [0, 0.05) is 22.5 Å². The maximum atomic E-state index is 13.0. The summed E-state index contributed by atoms with van der Waals surface area (Å²) < 4.78 is 39.8. The molecule has 31 heavy (non-hydrogen) atoms. The van der Waals surface area contributed by atoms with Crippen LogP contribution in [0, 0.1) is 0 Å². The Morgan fingerprint density at radius 1 is 0.871 bits per heavy atom. The molecule has 0 bridgehead atoms. The van der Waals surface area contributed by atoms with Crippen LogP contribution >= 0.6 is 0 Å². The van der Waals surface area contributed by atoms with Gasteiger partial charge in [-0.05, 0) is 48.5 Å². The predicted octanol–water partition coefficient (Wildman–Crippen LogP) is 5.46. The molecule has 1 N–H and O–H groups in total. The van der Waals surface area contributed by atoms with Gasteiger partial charge in [-0.15, -0.1) is 0 Å². The number of rotatable bonds is 5. The average molecular weight is 430 g/mol. The highest BCUT2D eigenvalue weighted by molar-refractivity contribution is 7.92. The minimum Gasteiger partial charge on any atom is -0.497 e. The second-order valence-electron chi connectivity index (χ2n) is 6.96. The second-order valence-corrected chi connectivity index (χ2v) is 8.64. The first kappa shape index (κ1) is 19.1. The Bertz CT molecular complexity index is 1510. The standard InChI is InChI=1S/C24H18N2O4S/c1-29-16-11-13-17(14-12-16)31(27,28)26-21-9-5-15-25-23(21)20-8-4-7-19-18-6-2-3-10-22(18)30-24(19)20/h2-15,26H,1H3. The van der Waals surface area contributed by atoms with Crippen LogP contribution in [-0.4, -0.2) is 20.5 Å². The van der Waals surface area contributed by atoms with Gasteiger partial charge in [0.25, 0.3) is 10.0 Å². The van der Waals surface area contributed by atoms with Crippen LogP contribution in [0.3, 0.4) is 0 Å². The van der Waals surface area contributed by atoms with Crippen LogP contribution in [0.25, 0.3) is 33.2 Å². The van der Waals surface area contributed by atoms with Crippen molar-refractivity contribution in [3.63, 3.8) is 0 Å². The Kier molecular flexibility index (Phi) is 4.60. The van der Waals surface area contributed by atoms with E-state index in [9.17, 15) is 8.42 Å². The number of para-hydroxylation sites is 2. The number of anilines is 1. The van der Waals surface area contributed by atoms with Crippen LogP contribution in [0.1, 0.15) is 0 Å². The Morgan fingerprint density at radius 2 is 1.65 bits per heavy atom. The van der Waals surface area contributed by atoms with E-state index in [1.807, 2.05) is 42.5 Å². The predicted molar refractivity (Wildman–Crippen MR) is 121 cm³/mol. The molecular weight excluding hydrogens is 412 g/mol. The molecule has 6 nitrogen and oxygen atoms in total. The number of benzene rings is 3. The molecule has 0 saturated carbocycles. The fourth-order valence-corrected chi connectivity index (χ4v) is 4.66. The first-order valence-electron chi connectivity index (χ1n) is 9.59. The molecule has 3 aromatic carbocycles. The highest BCUT2D eigenvalue weighted by Gasteiger charge is 2.20. The SMILES string of the molecule is COc1ccc(S(=O)(=O)Nc2cccnc2-c2cccc3c2oc2ccccc23)cc1. The van der Waals surface area contributed by atoms with Crippen molar-refractivity contribution in [1.82, 2.24) is 4.98 Å². The molecule has 0 aliphatic rings. The summed E-state index contributed by atoms with van der Waals surface area (Å²) in [6.45, 7) is 0. The molecule has 0 spiro atoms. The summed E-state index contributed by atoms with van der Waals surface area (Å²) >= 11 is 0. The first-order chi connectivity index (χ1) is 15.1. The third-order valence-corrected chi connectivity index (χ3v) is 6.46. The Labute approximate surface area is 179 Å². The molecule has 7 heteroatoms. The summed E-state index contributed by atoms with van der Waals surface area (Å²) in [4.78, 5) is 4.60. The molecule has 0 amide bonds. The molecule has 0 aliphatic carbocycles. The molecule has 2 aromatic heterocycles. The summed E-state index contributed by atoms with van der Waals surface area (Å²) in [5.74, 6) is 0.581. The highest BCUT2D eigenvalue weighted by Crippen LogP contribution is 2.37. The topological polar surface area (TPSA) is 81.4 Å². The lowest BCUT2D eigenvalue weighted by molar-refractivity contribution is 0.414. The van der Waals surface area contributed by atoms with Crippen LogP contribution in [0.15, 0.2) is 94.4 Å². The highest BCUT2D eigenvalue weighted by atomic mass is 32.2. The van der Waals surface area contributed by atoms with Gasteiger partial charge in [0.15, 0.2) is 0 Å². The molecule has 0 fully saturated rings. The summed E-state index contributed by atoms with van der Waals surface area (Å²) in [7, 11) is -2.29. The van der Waals surface area contributed by atoms with Crippen LogP contribution in [0.4, 0.5) is 5.69 Å². The van der Waals surface area contributed by atoms with E-state index >= 15 is 0 Å². The van der Waals surface area contributed by atoms with E-state index in [1.54, 1.807) is 30.5 Å². The number of ether oxygens (including phenoxy) is 1. The Morgan fingerprint density at radius 3 is 2.45 bits per heavy atom. The lowest BCUT2D eigenvalue weighted by Gasteiger charge is -2.12. The van der Waals surface area contributed by atoms with Crippen molar-refractivity contribution >= 4 is 37.6 Å². The van der Waals surface area contributed by atoms with E-state index in [0.717, 1.165) is 16.4 Å². The third-order valence-electron chi connectivity index (χ3n) is 5.08. The lowest BCUT2D eigenvalue weighted by Crippen LogP contribution is -2.14. The van der Waals surface area contributed by atoms with E-state index in [4.69, 9.17) is 9.15 Å². The van der Waals surface area contributed by atoms with Crippen molar-refractivity contribution in [2.45, 2.75) is 4.90 Å². The van der Waals surface area contributed by atoms with Crippen molar-refractivity contribution < 1.29 is 17.6 Å². The van der Waals surface area contributed by atoms with Crippen LogP contribution in [-0.2, 0) is 10.0 Å². The van der Waals surface area contributed by atoms with Gasteiger partial charge in [0.2, 0.25) is 0 Å². The zero-order chi connectivity index (χ0) is 21.4. The summed E-state index contributed by atoms with van der Waals surface area (Å²) in [5, 5.41) is 1.94. The average Bonchev–Trinajstić information content (AvgIpc) is 3.18. The summed E-state index contributed by atoms with van der Waals surface area (Å²) in [6, 6.07) is 23.1. The minimum atomic E-state index is -3.82. The molecule has 5 aromatic rings. The largest absolute Gasteiger partial charge is 0.497 e. The van der Waals surface area contributed by atoms with Gasteiger partial charge in [-0.25, -0.2) is 8.42 Å². The van der Waals surface area contributed by atoms with Crippen molar-refractivity contribution in [3.8, 4) is 17.0 Å². The minimum absolute atomic E-state index is 0.130. The number of hydrogen-bond acceptors (Lipinski definition) is 5. The van der Waals surface area contributed by atoms with E-state index in [2.05, 4.69) is 9.71 Å². The molecule has 0 radical (unpaired) electrons. The van der Waals surface area contributed by atoms with Gasteiger partial charge < -0.3 is 9.15 Å². The number of nitrogens with zero attached hydrogens (tertiary/aromatic N) is 1. The lowest BCUT2D eigenvalue weighted by atomic mass is 10.1. The van der Waals surface area contributed by atoms with Gasteiger partial charge in [-0.2, -0.15) is 0 Å². The first-order valence-corrected chi connectivity index (χ1v) is 11.1. The molecule has 5 rings (SSSR count). The third kappa shape index (κ3) is 3.39. The number of hydrogen-bond donors (Lipinski definition) is 1. The number of methoxy groups -OCH3 is 1. The number of sulfonamides is 1. The normalized spacial score (nSPS) is 11.6. The molecule has 0 unspecified atom stereocenters. The zero-order valence-electron chi connectivity index (χ0n) is 16.6. The second kappa shape index (κ2) is 7.45. The number of furan rings is 1. The van der Waals surface area contributed by atoms with Gasteiger partial charge in [0.1, 0.15) is 16.9 Å². The maximum absolute atomic E-state index is 13.0. The van der Waals surface area contributed by atoms with Crippen molar-refractivity contribution in [3.05, 3.63) is 85.1 Å². The molecule has 0 saturated heterocycles. The van der Waals surface area contributed by atoms with Crippen LogP contribution < -0.4 is 9.46 Å². The van der Waals surface area contributed by atoms with Crippen LogP contribution in [0.5, 0.6) is 5.75 Å². The fourth-order valence-electron chi connectivity index (χ4n) is 3.59. The Hall–Kier alpha value is -3.84. The van der Waals surface area contributed by atoms with Gasteiger partial charge in [-0.1, -0.05) is 30.3 Å². The number of fused-ring (bicyclic) bond motifs is 3. The molecule has 154 valence electrons.